The average molecular weight is 496 g/mol. The second-order valence-electron chi connectivity index (χ2n) is 7.28. The van der Waals surface area contributed by atoms with E-state index in [0.29, 0.717) is 16.7 Å². The Morgan fingerprint density at radius 3 is 1.37 bits per heavy atom. The van der Waals surface area contributed by atoms with Gasteiger partial charge in [-0.3, -0.25) is 0 Å². The van der Waals surface area contributed by atoms with Gasteiger partial charge < -0.3 is 0 Å². The first-order chi connectivity index (χ1) is 14.5. The van der Waals surface area contributed by atoms with E-state index in [4.69, 9.17) is 11.6 Å². The summed E-state index contributed by atoms with van der Waals surface area (Å²) in [6, 6.07) is 38.2. The van der Waals surface area contributed by atoms with E-state index in [1.165, 1.54) is 0 Å². The number of carbonyl (C=O) groups excluding carboxylic acids is 1. The standard InChI is InChI=1S/C26H21BrClOP/c27-30(23-10-4-1-5-11-23,24-12-6-2-7-13-24,25-14-8-3-9-15-25)20-26(29)21-16-18-22(28)19-17-21/h1-19H,20H2. The summed E-state index contributed by atoms with van der Waals surface area (Å²) in [5.74, 6) is 0.0813. The summed E-state index contributed by atoms with van der Waals surface area (Å²) in [5.41, 5.74) is 0.663. The molecular weight excluding hydrogens is 475 g/mol. The van der Waals surface area contributed by atoms with E-state index in [1.54, 1.807) is 24.3 Å². The molecule has 4 heteroatoms. The summed E-state index contributed by atoms with van der Waals surface area (Å²) in [5, 5.41) is 0.736. The van der Waals surface area contributed by atoms with Crippen molar-refractivity contribution in [2.75, 3.05) is 6.16 Å². The molecule has 0 radical (unpaired) electrons. The monoisotopic (exact) mass is 494 g/mol. The number of ketones is 1. The van der Waals surface area contributed by atoms with Gasteiger partial charge >= 0.3 is 191 Å². The van der Waals surface area contributed by atoms with Crippen LogP contribution < -0.4 is 15.9 Å². The third-order valence-electron chi connectivity index (χ3n) is 5.49. The first kappa shape index (κ1) is 21.0. The van der Waals surface area contributed by atoms with Crippen molar-refractivity contribution in [2.24, 2.45) is 0 Å². The van der Waals surface area contributed by atoms with E-state index in [-0.39, 0.29) is 5.78 Å². The number of benzene rings is 4. The van der Waals surface area contributed by atoms with Crippen LogP contribution in [-0.2, 0) is 0 Å². The molecule has 0 unspecified atom stereocenters. The van der Waals surface area contributed by atoms with Gasteiger partial charge in [-0.2, -0.15) is 0 Å². The normalized spacial score (nSPS) is 12.7. The molecule has 1 nitrogen and oxygen atoms in total. The third-order valence-corrected chi connectivity index (χ3v) is 15.2. The van der Waals surface area contributed by atoms with Crippen LogP contribution in [0.25, 0.3) is 0 Å². The Kier molecular flexibility index (Phi) is 5.93. The number of hydrogen-bond donors (Lipinski definition) is 0. The van der Waals surface area contributed by atoms with E-state index in [1.807, 2.05) is 54.6 Å². The van der Waals surface area contributed by atoms with E-state index < -0.39 is 5.31 Å². The zero-order valence-electron chi connectivity index (χ0n) is 16.3. The molecule has 4 aromatic carbocycles. The Bertz CT molecular complexity index is 1050. The number of hydrogen-bond acceptors (Lipinski definition) is 1. The molecule has 0 amide bonds. The van der Waals surface area contributed by atoms with Crippen LogP contribution in [0.15, 0.2) is 115 Å². The topological polar surface area (TPSA) is 17.1 Å². The van der Waals surface area contributed by atoms with Gasteiger partial charge in [0.2, 0.25) is 0 Å². The first-order valence-electron chi connectivity index (χ1n) is 9.71. The summed E-state index contributed by atoms with van der Waals surface area (Å²) < 4.78 is 0. The van der Waals surface area contributed by atoms with Gasteiger partial charge in [-0.1, -0.05) is 0 Å². The fraction of sp³-hybridized carbons (Fsp3) is 0.0385. The molecule has 0 N–H and O–H groups in total. The molecule has 0 aliphatic carbocycles. The SMILES string of the molecule is O=C(CP(Br)(c1ccccc1)(c1ccccc1)c1ccccc1)c1ccc(Cl)cc1. The number of Topliss-reactive ketones (excluding diaryl/α,β-unsaturated/α-hetero) is 1. The second-order valence-corrected chi connectivity index (χ2v) is 16.6. The van der Waals surface area contributed by atoms with Gasteiger partial charge in [0, 0.05) is 0 Å². The van der Waals surface area contributed by atoms with Crippen LogP contribution in [0.4, 0.5) is 0 Å². The Morgan fingerprint density at radius 1 is 0.633 bits per heavy atom. The summed E-state index contributed by atoms with van der Waals surface area (Å²) >= 11 is 10.4. The van der Waals surface area contributed by atoms with E-state index in [0.717, 1.165) is 15.9 Å². The molecule has 30 heavy (non-hydrogen) atoms. The molecule has 0 aliphatic heterocycles. The van der Waals surface area contributed by atoms with Gasteiger partial charge in [0.05, 0.1) is 0 Å². The molecule has 0 atom stereocenters. The number of halogens is 2. The minimum absolute atomic E-state index is 0.0813. The molecule has 0 aromatic heterocycles. The van der Waals surface area contributed by atoms with Gasteiger partial charge in [-0.05, 0) is 0 Å². The van der Waals surface area contributed by atoms with E-state index in [2.05, 4.69) is 51.9 Å². The zero-order chi connectivity index (χ0) is 21.1. The predicted octanol–water partition coefficient (Wildman–Crippen LogP) is 6.36. The van der Waals surface area contributed by atoms with Crippen LogP contribution in [0.1, 0.15) is 10.4 Å². The van der Waals surface area contributed by atoms with Crippen LogP contribution in [0.5, 0.6) is 0 Å². The van der Waals surface area contributed by atoms with Gasteiger partial charge in [0.1, 0.15) is 0 Å². The molecule has 0 saturated heterocycles. The number of rotatable bonds is 6. The van der Waals surface area contributed by atoms with Crippen LogP contribution in [0, 0.1) is 0 Å². The maximum atomic E-state index is 13.7. The summed E-state index contributed by atoms with van der Waals surface area (Å²) in [6.07, 6.45) is 0.339. The first-order valence-corrected chi connectivity index (χ1v) is 14.5. The molecule has 0 saturated carbocycles. The van der Waals surface area contributed by atoms with Gasteiger partial charge in [-0.25, -0.2) is 0 Å². The van der Waals surface area contributed by atoms with E-state index >= 15 is 0 Å². The van der Waals surface area contributed by atoms with E-state index in [9.17, 15) is 4.79 Å². The van der Waals surface area contributed by atoms with Crippen molar-refractivity contribution in [1.82, 2.24) is 0 Å². The molecule has 0 spiro atoms. The fourth-order valence-corrected chi connectivity index (χ4v) is 11.4. The molecule has 4 aromatic rings. The zero-order valence-corrected chi connectivity index (χ0v) is 19.5. The van der Waals surface area contributed by atoms with Crippen molar-refractivity contribution in [2.45, 2.75) is 0 Å². The number of carbonyl (C=O) groups is 1. The molecule has 0 aliphatic rings. The van der Waals surface area contributed by atoms with Crippen molar-refractivity contribution >= 4 is 54.1 Å². The fourth-order valence-electron chi connectivity index (χ4n) is 3.93. The third kappa shape index (κ3) is 3.65. The van der Waals surface area contributed by atoms with Crippen LogP contribution in [-0.4, -0.2) is 11.9 Å². The second kappa shape index (κ2) is 8.47. The minimum atomic E-state index is -3.27. The molecule has 0 fully saturated rings. The molecular formula is C26H21BrClOP. The summed E-state index contributed by atoms with van der Waals surface area (Å²) in [6.45, 7) is 0. The Labute approximate surface area is 190 Å². The Morgan fingerprint density at radius 2 is 1.00 bits per heavy atom. The van der Waals surface area contributed by atoms with Gasteiger partial charge in [-0.15, -0.1) is 0 Å². The maximum absolute atomic E-state index is 13.7. The van der Waals surface area contributed by atoms with Crippen LogP contribution in [0.3, 0.4) is 0 Å². The van der Waals surface area contributed by atoms with Crippen molar-refractivity contribution < 1.29 is 4.79 Å². The molecule has 150 valence electrons. The van der Waals surface area contributed by atoms with Crippen molar-refractivity contribution in [1.29, 1.82) is 0 Å². The van der Waals surface area contributed by atoms with Crippen LogP contribution >= 0.6 is 32.4 Å². The molecule has 0 bridgehead atoms. The van der Waals surface area contributed by atoms with Crippen molar-refractivity contribution in [3.63, 3.8) is 0 Å². The Balaban J connectivity index is 2.01. The summed E-state index contributed by atoms with van der Waals surface area (Å²) in [4.78, 5) is 13.7. The van der Waals surface area contributed by atoms with Crippen LogP contribution in [0.2, 0.25) is 5.02 Å². The van der Waals surface area contributed by atoms with Gasteiger partial charge in [0.25, 0.3) is 0 Å². The quantitative estimate of drug-likeness (QED) is 0.225. The molecule has 4 rings (SSSR count). The van der Waals surface area contributed by atoms with Crippen molar-refractivity contribution in [3.8, 4) is 0 Å². The Hall–Kier alpha value is -2.25. The van der Waals surface area contributed by atoms with Gasteiger partial charge in [0.15, 0.2) is 0 Å². The summed E-state index contributed by atoms with van der Waals surface area (Å²) in [7, 11) is 0. The molecule has 0 heterocycles. The van der Waals surface area contributed by atoms with Crippen molar-refractivity contribution in [3.05, 3.63) is 126 Å². The average Bonchev–Trinajstić information content (AvgIpc) is 2.81. The predicted molar refractivity (Wildman–Crippen MR) is 135 cm³/mol.